The molecule has 1 fully saturated rings. The average molecular weight is 353 g/mol. The molecule has 1 aliphatic heterocycles. The Bertz CT molecular complexity index is 799. The summed E-state index contributed by atoms with van der Waals surface area (Å²) in [6.45, 7) is 5.26. The molecule has 6 nitrogen and oxygen atoms in total. The van der Waals surface area contributed by atoms with E-state index in [1.807, 2.05) is 56.3 Å². The standard InChI is InChI=1S/C20H23N3O3/c1-14-6-5-7-15(2)20(14)26-17-9-4-3-8-16(17)22-12-19(25)23-11-10-21-18(24)13-23/h3-9,22H,10-13H2,1-2H3,(H,21,24). The molecular formula is C20H23N3O3. The highest BCUT2D eigenvalue weighted by Crippen LogP contribution is 2.33. The second-order valence-corrected chi connectivity index (χ2v) is 6.34. The second-order valence-electron chi connectivity index (χ2n) is 6.34. The first-order valence-electron chi connectivity index (χ1n) is 8.66. The van der Waals surface area contributed by atoms with Gasteiger partial charge < -0.3 is 20.3 Å². The molecule has 0 aromatic heterocycles. The number of nitrogens with zero attached hydrogens (tertiary/aromatic N) is 1. The molecule has 1 heterocycles. The molecule has 0 bridgehead atoms. The van der Waals surface area contributed by atoms with Gasteiger partial charge in [-0.25, -0.2) is 0 Å². The number of anilines is 1. The van der Waals surface area contributed by atoms with Crippen LogP contribution in [0.4, 0.5) is 5.69 Å². The molecule has 0 radical (unpaired) electrons. The molecule has 6 heteroatoms. The van der Waals surface area contributed by atoms with Crippen molar-refractivity contribution in [3.05, 3.63) is 53.6 Å². The van der Waals surface area contributed by atoms with Crippen LogP contribution in [-0.4, -0.2) is 42.9 Å². The first-order valence-corrected chi connectivity index (χ1v) is 8.66. The second kappa shape index (κ2) is 7.91. The van der Waals surface area contributed by atoms with Crippen LogP contribution in [0.25, 0.3) is 0 Å². The van der Waals surface area contributed by atoms with Crippen molar-refractivity contribution in [2.75, 3.05) is 31.5 Å². The maximum atomic E-state index is 12.3. The lowest BCUT2D eigenvalue weighted by Crippen LogP contribution is -2.51. The van der Waals surface area contributed by atoms with Crippen LogP contribution < -0.4 is 15.4 Å². The normalized spacial score (nSPS) is 13.9. The van der Waals surface area contributed by atoms with Gasteiger partial charge in [-0.15, -0.1) is 0 Å². The van der Waals surface area contributed by atoms with Crippen molar-refractivity contribution < 1.29 is 14.3 Å². The van der Waals surface area contributed by atoms with E-state index in [1.54, 1.807) is 4.90 Å². The van der Waals surface area contributed by atoms with Crippen molar-refractivity contribution in [2.24, 2.45) is 0 Å². The minimum Gasteiger partial charge on any atom is -0.455 e. The van der Waals surface area contributed by atoms with Crippen molar-refractivity contribution >= 4 is 17.5 Å². The monoisotopic (exact) mass is 353 g/mol. The Kier molecular flexibility index (Phi) is 5.41. The summed E-state index contributed by atoms with van der Waals surface area (Å²) in [5, 5.41) is 5.85. The predicted octanol–water partition coefficient (Wildman–Crippen LogP) is 2.47. The molecule has 26 heavy (non-hydrogen) atoms. The average Bonchev–Trinajstić information content (AvgIpc) is 2.63. The van der Waals surface area contributed by atoms with Crippen LogP contribution in [0.2, 0.25) is 0 Å². The van der Waals surface area contributed by atoms with Crippen LogP contribution >= 0.6 is 0 Å². The van der Waals surface area contributed by atoms with Gasteiger partial charge in [0.1, 0.15) is 5.75 Å². The van der Waals surface area contributed by atoms with E-state index < -0.39 is 0 Å². The zero-order valence-corrected chi connectivity index (χ0v) is 15.0. The molecule has 0 atom stereocenters. The molecular weight excluding hydrogens is 330 g/mol. The van der Waals surface area contributed by atoms with Crippen LogP contribution in [0, 0.1) is 13.8 Å². The Hall–Kier alpha value is -3.02. The SMILES string of the molecule is Cc1cccc(C)c1Oc1ccccc1NCC(=O)N1CCNC(=O)C1. The molecule has 1 saturated heterocycles. The fraction of sp³-hybridized carbons (Fsp3) is 0.300. The summed E-state index contributed by atoms with van der Waals surface area (Å²) < 4.78 is 6.11. The quantitative estimate of drug-likeness (QED) is 0.866. The van der Waals surface area contributed by atoms with E-state index in [-0.39, 0.29) is 24.9 Å². The molecule has 2 aromatic rings. The van der Waals surface area contributed by atoms with Crippen LogP contribution in [0.1, 0.15) is 11.1 Å². The van der Waals surface area contributed by atoms with Gasteiger partial charge in [0.25, 0.3) is 0 Å². The molecule has 0 aliphatic carbocycles. The summed E-state index contributed by atoms with van der Waals surface area (Å²) in [5.41, 5.74) is 2.84. The number of rotatable bonds is 5. The summed E-state index contributed by atoms with van der Waals surface area (Å²) in [4.78, 5) is 25.3. The Morgan fingerprint density at radius 1 is 1.15 bits per heavy atom. The fourth-order valence-electron chi connectivity index (χ4n) is 2.91. The van der Waals surface area contributed by atoms with Crippen molar-refractivity contribution in [1.82, 2.24) is 10.2 Å². The molecule has 2 aromatic carbocycles. The minimum absolute atomic E-state index is 0.110. The number of ether oxygens (including phenoxy) is 1. The van der Waals surface area contributed by atoms with E-state index in [1.165, 1.54) is 0 Å². The third-order valence-corrected chi connectivity index (χ3v) is 4.33. The third kappa shape index (κ3) is 4.14. The topological polar surface area (TPSA) is 70.7 Å². The highest BCUT2D eigenvalue weighted by molar-refractivity contribution is 5.88. The van der Waals surface area contributed by atoms with Gasteiger partial charge in [-0.1, -0.05) is 30.3 Å². The largest absolute Gasteiger partial charge is 0.455 e. The zero-order chi connectivity index (χ0) is 18.5. The molecule has 0 spiro atoms. The Balaban J connectivity index is 1.69. The number of aryl methyl sites for hydroxylation is 2. The molecule has 0 unspecified atom stereocenters. The van der Waals surface area contributed by atoms with E-state index in [0.717, 1.165) is 22.6 Å². The predicted molar refractivity (Wildman–Crippen MR) is 101 cm³/mol. The Labute approximate surface area is 153 Å². The van der Waals surface area contributed by atoms with Gasteiger partial charge >= 0.3 is 0 Å². The van der Waals surface area contributed by atoms with E-state index in [9.17, 15) is 9.59 Å². The van der Waals surface area contributed by atoms with Crippen LogP contribution in [0.3, 0.4) is 0 Å². The van der Waals surface area contributed by atoms with Gasteiger partial charge in [-0.05, 0) is 37.1 Å². The maximum absolute atomic E-state index is 12.3. The smallest absolute Gasteiger partial charge is 0.242 e. The number of carbonyl (C=O) groups is 2. The zero-order valence-electron chi connectivity index (χ0n) is 15.0. The van der Waals surface area contributed by atoms with Gasteiger partial charge in [0, 0.05) is 13.1 Å². The molecule has 2 N–H and O–H groups in total. The number of hydrogen-bond acceptors (Lipinski definition) is 4. The number of carbonyl (C=O) groups excluding carboxylic acids is 2. The van der Waals surface area contributed by atoms with E-state index >= 15 is 0 Å². The minimum atomic E-state index is -0.122. The first kappa shape index (κ1) is 17.8. The lowest BCUT2D eigenvalue weighted by Gasteiger charge is -2.27. The van der Waals surface area contributed by atoms with Crippen molar-refractivity contribution in [2.45, 2.75) is 13.8 Å². The summed E-state index contributed by atoms with van der Waals surface area (Å²) >= 11 is 0. The van der Waals surface area contributed by atoms with Gasteiger partial charge in [0.2, 0.25) is 11.8 Å². The number of para-hydroxylation sites is 3. The number of amides is 2. The van der Waals surface area contributed by atoms with Crippen molar-refractivity contribution in [1.29, 1.82) is 0 Å². The van der Waals surface area contributed by atoms with E-state index in [4.69, 9.17) is 4.74 Å². The fourth-order valence-corrected chi connectivity index (χ4v) is 2.91. The summed E-state index contributed by atoms with van der Waals surface area (Å²) in [6, 6.07) is 13.5. The van der Waals surface area contributed by atoms with Gasteiger partial charge in [-0.3, -0.25) is 9.59 Å². The van der Waals surface area contributed by atoms with Gasteiger partial charge in [0.15, 0.2) is 5.75 Å². The van der Waals surface area contributed by atoms with Crippen molar-refractivity contribution in [3.63, 3.8) is 0 Å². The Morgan fingerprint density at radius 2 is 1.88 bits per heavy atom. The molecule has 0 saturated carbocycles. The molecule has 1 aliphatic rings. The van der Waals surface area contributed by atoms with E-state index in [2.05, 4.69) is 10.6 Å². The highest BCUT2D eigenvalue weighted by atomic mass is 16.5. The number of benzene rings is 2. The van der Waals surface area contributed by atoms with Crippen LogP contribution in [0.15, 0.2) is 42.5 Å². The lowest BCUT2D eigenvalue weighted by atomic mass is 10.1. The molecule has 3 rings (SSSR count). The highest BCUT2D eigenvalue weighted by Gasteiger charge is 2.21. The van der Waals surface area contributed by atoms with Gasteiger partial charge in [0.05, 0.1) is 18.8 Å². The Morgan fingerprint density at radius 3 is 2.62 bits per heavy atom. The van der Waals surface area contributed by atoms with E-state index in [0.29, 0.717) is 18.8 Å². The lowest BCUT2D eigenvalue weighted by molar-refractivity contribution is -0.136. The summed E-state index contributed by atoms with van der Waals surface area (Å²) in [7, 11) is 0. The molecule has 136 valence electrons. The number of piperazine rings is 1. The summed E-state index contributed by atoms with van der Waals surface area (Å²) in [5.74, 6) is 1.25. The molecule has 2 amide bonds. The van der Waals surface area contributed by atoms with Crippen LogP contribution in [0.5, 0.6) is 11.5 Å². The van der Waals surface area contributed by atoms with Crippen LogP contribution in [-0.2, 0) is 9.59 Å². The first-order chi connectivity index (χ1) is 12.5. The maximum Gasteiger partial charge on any atom is 0.242 e. The third-order valence-electron chi connectivity index (χ3n) is 4.33. The number of hydrogen-bond donors (Lipinski definition) is 2. The summed E-state index contributed by atoms with van der Waals surface area (Å²) in [6.07, 6.45) is 0. The van der Waals surface area contributed by atoms with Gasteiger partial charge in [-0.2, -0.15) is 0 Å². The number of nitrogens with one attached hydrogen (secondary N) is 2. The van der Waals surface area contributed by atoms with Crippen molar-refractivity contribution in [3.8, 4) is 11.5 Å².